The molecule has 0 aromatic heterocycles. The SMILES string of the molecule is CCNCCCNCc1ccc2c(c1)COC2. The Hall–Kier alpha value is -0.900. The first-order valence-corrected chi connectivity index (χ1v) is 6.50. The molecule has 17 heavy (non-hydrogen) atoms. The van der Waals surface area contributed by atoms with E-state index < -0.39 is 0 Å². The van der Waals surface area contributed by atoms with Gasteiger partial charge in [0.15, 0.2) is 0 Å². The van der Waals surface area contributed by atoms with Gasteiger partial charge in [-0.2, -0.15) is 0 Å². The van der Waals surface area contributed by atoms with Gasteiger partial charge in [0.2, 0.25) is 0 Å². The Morgan fingerprint density at radius 1 is 1.12 bits per heavy atom. The highest BCUT2D eigenvalue weighted by Gasteiger charge is 2.10. The van der Waals surface area contributed by atoms with Gasteiger partial charge in [-0.05, 0) is 42.7 Å². The summed E-state index contributed by atoms with van der Waals surface area (Å²) in [6.07, 6.45) is 1.18. The first kappa shape index (κ1) is 12.6. The molecule has 0 fully saturated rings. The molecule has 0 bridgehead atoms. The van der Waals surface area contributed by atoms with Gasteiger partial charge in [-0.15, -0.1) is 0 Å². The number of hydrogen-bond donors (Lipinski definition) is 2. The number of benzene rings is 1. The third-order valence-electron chi connectivity index (χ3n) is 3.07. The molecule has 94 valence electrons. The highest BCUT2D eigenvalue weighted by molar-refractivity contribution is 5.33. The monoisotopic (exact) mass is 234 g/mol. The quantitative estimate of drug-likeness (QED) is 0.706. The van der Waals surface area contributed by atoms with Gasteiger partial charge >= 0.3 is 0 Å². The fraction of sp³-hybridized carbons (Fsp3) is 0.571. The minimum absolute atomic E-state index is 0.781. The van der Waals surface area contributed by atoms with Crippen molar-refractivity contribution in [3.63, 3.8) is 0 Å². The third kappa shape index (κ3) is 3.80. The van der Waals surface area contributed by atoms with Crippen LogP contribution < -0.4 is 10.6 Å². The van der Waals surface area contributed by atoms with Crippen LogP contribution in [-0.2, 0) is 24.5 Å². The molecule has 1 aromatic carbocycles. The molecular weight excluding hydrogens is 212 g/mol. The number of fused-ring (bicyclic) bond motifs is 1. The van der Waals surface area contributed by atoms with Crippen LogP contribution >= 0.6 is 0 Å². The highest BCUT2D eigenvalue weighted by atomic mass is 16.5. The fourth-order valence-electron chi connectivity index (χ4n) is 2.08. The summed E-state index contributed by atoms with van der Waals surface area (Å²) in [4.78, 5) is 0. The Balaban J connectivity index is 1.69. The van der Waals surface area contributed by atoms with Crippen LogP contribution in [0.2, 0.25) is 0 Å². The lowest BCUT2D eigenvalue weighted by molar-refractivity contribution is 0.134. The lowest BCUT2D eigenvalue weighted by atomic mass is 10.1. The van der Waals surface area contributed by atoms with Crippen molar-refractivity contribution in [2.24, 2.45) is 0 Å². The topological polar surface area (TPSA) is 33.3 Å². The number of ether oxygens (including phenoxy) is 1. The van der Waals surface area contributed by atoms with Gasteiger partial charge in [0.25, 0.3) is 0 Å². The molecule has 0 amide bonds. The van der Waals surface area contributed by atoms with Gasteiger partial charge < -0.3 is 15.4 Å². The van der Waals surface area contributed by atoms with E-state index in [4.69, 9.17) is 4.74 Å². The number of rotatable bonds is 7. The molecule has 3 nitrogen and oxygen atoms in total. The van der Waals surface area contributed by atoms with E-state index in [0.717, 1.165) is 39.4 Å². The normalized spacial score (nSPS) is 13.9. The fourth-order valence-corrected chi connectivity index (χ4v) is 2.08. The third-order valence-corrected chi connectivity index (χ3v) is 3.07. The number of hydrogen-bond acceptors (Lipinski definition) is 3. The summed E-state index contributed by atoms with van der Waals surface area (Å²) in [5.41, 5.74) is 4.07. The molecule has 0 aliphatic carbocycles. The number of nitrogens with one attached hydrogen (secondary N) is 2. The van der Waals surface area contributed by atoms with Crippen molar-refractivity contribution >= 4 is 0 Å². The van der Waals surface area contributed by atoms with E-state index in [0.29, 0.717) is 0 Å². The van der Waals surface area contributed by atoms with Crippen molar-refractivity contribution < 1.29 is 4.74 Å². The van der Waals surface area contributed by atoms with Gasteiger partial charge in [-0.3, -0.25) is 0 Å². The average molecular weight is 234 g/mol. The summed E-state index contributed by atoms with van der Waals surface area (Å²) < 4.78 is 5.41. The van der Waals surface area contributed by atoms with Gasteiger partial charge in [-0.25, -0.2) is 0 Å². The molecule has 0 unspecified atom stereocenters. The van der Waals surface area contributed by atoms with Crippen LogP contribution in [0.3, 0.4) is 0 Å². The predicted octanol–water partition coefficient (Wildman–Crippen LogP) is 1.81. The van der Waals surface area contributed by atoms with E-state index >= 15 is 0 Å². The Labute approximate surface area is 104 Å². The minimum Gasteiger partial charge on any atom is -0.372 e. The lowest BCUT2D eigenvalue weighted by Crippen LogP contribution is -2.21. The molecule has 2 N–H and O–H groups in total. The van der Waals surface area contributed by atoms with Crippen LogP contribution in [0.15, 0.2) is 18.2 Å². The standard InChI is InChI=1S/C14H22N2O/c1-2-15-6-3-7-16-9-12-4-5-13-10-17-11-14(13)8-12/h4-5,8,15-16H,2-3,6-7,9-11H2,1H3. The summed E-state index contributed by atoms with van der Waals surface area (Å²) in [7, 11) is 0. The van der Waals surface area contributed by atoms with Crippen LogP contribution in [0.4, 0.5) is 0 Å². The molecule has 1 aromatic rings. The summed E-state index contributed by atoms with van der Waals surface area (Å²) in [6.45, 7) is 7.89. The zero-order chi connectivity index (χ0) is 11.9. The van der Waals surface area contributed by atoms with Gasteiger partial charge in [0, 0.05) is 6.54 Å². The van der Waals surface area contributed by atoms with E-state index in [1.165, 1.54) is 23.1 Å². The van der Waals surface area contributed by atoms with Gasteiger partial charge in [-0.1, -0.05) is 25.1 Å². The van der Waals surface area contributed by atoms with Crippen molar-refractivity contribution in [1.82, 2.24) is 10.6 Å². The van der Waals surface area contributed by atoms with Crippen molar-refractivity contribution in [3.05, 3.63) is 34.9 Å². The van der Waals surface area contributed by atoms with E-state index in [1.54, 1.807) is 0 Å². The summed E-state index contributed by atoms with van der Waals surface area (Å²) in [5, 5.41) is 6.80. The zero-order valence-corrected chi connectivity index (χ0v) is 10.6. The largest absolute Gasteiger partial charge is 0.372 e. The molecule has 0 saturated heterocycles. The summed E-state index contributed by atoms with van der Waals surface area (Å²) in [6, 6.07) is 6.66. The van der Waals surface area contributed by atoms with Crippen LogP contribution in [-0.4, -0.2) is 19.6 Å². The molecular formula is C14H22N2O. The maximum absolute atomic E-state index is 5.41. The molecule has 3 heteroatoms. The Morgan fingerprint density at radius 3 is 2.82 bits per heavy atom. The van der Waals surface area contributed by atoms with Crippen molar-refractivity contribution in [3.8, 4) is 0 Å². The second kappa shape index (κ2) is 6.74. The second-order valence-corrected chi connectivity index (χ2v) is 4.48. The second-order valence-electron chi connectivity index (χ2n) is 4.48. The first-order valence-electron chi connectivity index (χ1n) is 6.50. The van der Waals surface area contributed by atoms with Crippen molar-refractivity contribution in [2.75, 3.05) is 19.6 Å². The van der Waals surface area contributed by atoms with Crippen LogP contribution in [0.25, 0.3) is 0 Å². The molecule has 1 aliphatic heterocycles. The Morgan fingerprint density at radius 2 is 1.94 bits per heavy atom. The van der Waals surface area contributed by atoms with Gasteiger partial charge in [0.05, 0.1) is 13.2 Å². The van der Waals surface area contributed by atoms with E-state index in [2.05, 4.69) is 35.8 Å². The Bertz CT molecular complexity index is 352. The van der Waals surface area contributed by atoms with Crippen LogP contribution in [0.1, 0.15) is 30.0 Å². The van der Waals surface area contributed by atoms with Gasteiger partial charge in [0.1, 0.15) is 0 Å². The minimum atomic E-state index is 0.781. The van der Waals surface area contributed by atoms with E-state index in [9.17, 15) is 0 Å². The Kier molecular flexibility index (Phi) is 4.98. The first-order chi connectivity index (χ1) is 8.40. The molecule has 2 rings (SSSR count). The maximum atomic E-state index is 5.41. The average Bonchev–Trinajstić information content (AvgIpc) is 2.81. The molecule has 0 atom stereocenters. The van der Waals surface area contributed by atoms with Crippen molar-refractivity contribution in [1.29, 1.82) is 0 Å². The molecule has 1 aliphatic rings. The smallest absolute Gasteiger partial charge is 0.0725 e. The molecule has 0 saturated carbocycles. The predicted molar refractivity (Wildman–Crippen MR) is 69.8 cm³/mol. The van der Waals surface area contributed by atoms with E-state index in [-0.39, 0.29) is 0 Å². The molecule has 0 radical (unpaired) electrons. The van der Waals surface area contributed by atoms with Crippen molar-refractivity contribution in [2.45, 2.75) is 33.1 Å². The molecule has 0 spiro atoms. The lowest BCUT2D eigenvalue weighted by Gasteiger charge is -2.06. The zero-order valence-electron chi connectivity index (χ0n) is 10.6. The summed E-state index contributed by atoms with van der Waals surface area (Å²) in [5.74, 6) is 0. The van der Waals surface area contributed by atoms with Crippen LogP contribution in [0, 0.1) is 0 Å². The van der Waals surface area contributed by atoms with Crippen LogP contribution in [0.5, 0.6) is 0 Å². The highest BCUT2D eigenvalue weighted by Crippen LogP contribution is 2.20. The van der Waals surface area contributed by atoms with E-state index in [1.807, 2.05) is 0 Å². The maximum Gasteiger partial charge on any atom is 0.0725 e. The molecule has 1 heterocycles. The summed E-state index contributed by atoms with van der Waals surface area (Å²) >= 11 is 0.